The summed E-state index contributed by atoms with van der Waals surface area (Å²) in [5.41, 5.74) is 5.63. The Bertz CT molecular complexity index is 1070. The van der Waals surface area contributed by atoms with Crippen LogP contribution >= 0.6 is 0 Å². The Labute approximate surface area is 165 Å². The molecule has 0 aliphatic rings. The van der Waals surface area contributed by atoms with E-state index >= 15 is 0 Å². The molecule has 1 N–H and O–H groups in total. The predicted molar refractivity (Wildman–Crippen MR) is 115 cm³/mol. The number of hydrogen-bond acceptors (Lipinski definition) is 4. The van der Waals surface area contributed by atoms with E-state index in [0.717, 1.165) is 52.8 Å². The van der Waals surface area contributed by atoms with Crippen LogP contribution < -0.4 is 4.90 Å². The summed E-state index contributed by atoms with van der Waals surface area (Å²) >= 11 is 0. The van der Waals surface area contributed by atoms with Gasteiger partial charge < -0.3 is 14.6 Å². The van der Waals surface area contributed by atoms with Crippen molar-refractivity contribution < 1.29 is 5.11 Å². The quantitative estimate of drug-likeness (QED) is 0.506. The van der Waals surface area contributed by atoms with Gasteiger partial charge in [0.2, 0.25) is 0 Å². The molecule has 1 aromatic carbocycles. The van der Waals surface area contributed by atoms with Gasteiger partial charge >= 0.3 is 6.07 Å². The van der Waals surface area contributed by atoms with E-state index in [1.54, 1.807) is 12.5 Å². The van der Waals surface area contributed by atoms with Gasteiger partial charge in [-0.05, 0) is 24.1 Å². The van der Waals surface area contributed by atoms with Crippen LogP contribution in [0.4, 0.5) is 11.5 Å². The first-order valence-electron chi connectivity index (χ1n) is 9.50. The molecule has 0 aliphatic carbocycles. The van der Waals surface area contributed by atoms with Crippen molar-refractivity contribution in [1.29, 1.82) is 0 Å². The number of nitrogens with zero attached hydrogens (tertiary/aromatic N) is 5. The highest BCUT2D eigenvalue weighted by Gasteiger charge is 2.14. The zero-order valence-corrected chi connectivity index (χ0v) is 16.8. The van der Waals surface area contributed by atoms with E-state index in [9.17, 15) is 5.11 Å². The van der Waals surface area contributed by atoms with Crippen LogP contribution in [0, 0.1) is 6.07 Å². The number of rotatable bonds is 5. The average molecular weight is 376 g/mol. The zero-order valence-electron chi connectivity index (χ0n) is 16.8. The van der Waals surface area contributed by atoms with Crippen LogP contribution in [0.25, 0.3) is 21.5 Å². The summed E-state index contributed by atoms with van der Waals surface area (Å²) < 4.78 is 1.99. The van der Waals surface area contributed by atoms with Crippen molar-refractivity contribution >= 4 is 28.1 Å². The van der Waals surface area contributed by atoms with Crippen molar-refractivity contribution in [2.75, 3.05) is 18.5 Å². The fourth-order valence-electron chi connectivity index (χ4n) is 3.11. The molecule has 2 aromatic heterocycles. The van der Waals surface area contributed by atoms with Gasteiger partial charge in [-0.2, -0.15) is 0 Å². The Morgan fingerprint density at radius 3 is 2.82 bits per heavy atom. The standard InChI is InChI=1S/C22H25N5O/c1-5-9-23-12-18(14-28)17-7-8-20(16(6-2)10-17)27(4)22-11-21-19(13-24-22)25-15-26(21)3/h7-8,10-11,13-15H,5-6,9H2,1-4H3/p+1. The van der Waals surface area contributed by atoms with Crippen molar-refractivity contribution in [3.8, 4) is 6.07 Å². The number of benzene rings is 1. The first-order chi connectivity index (χ1) is 13.6. The van der Waals surface area contributed by atoms with Crippen LogP contribution in [0.2, 0.25) is 0 Å². The Kier molecular flexibility index (Phi) is 5.95. The molecule has 0 bridgehead atoms. The van der Waals surface area contributed by atoms with Crippen molar-refractivity contribution in [2.45, 2.75) is 26.7 Å². The number of aliphatic hydroxyl groups is 1. The molecule has 3 rings (SSSR count). The van der Waals surface area contributed by atoms with Crippen LogP contribution in [0.3, 0.4) is 0 Å². The lowest BCUT2D eigenvalue weighted by molar-refractivity contribution is 0.476. The Morgan fingerprint density at radius 1 is 1.29 bits per heavy atom. The fraction of sp³-hybridized carbons (Fsp3) is 0.318. The van der Waals surface area contributed by atoms with E-state index in [1.165, 1.54) is 0 Å². The second-order valence-corrected chi connectivity index (χ2v) is 6.68. The van der Waals surface area contributed by atoms with Crippen molar-refractivity contribution in [2.24, 2.45) is 7.05 Å². The van der Waals surface area contributed by atoms with E-state index in [1.807, 2.05) is 36.9 Å². The maximum Gasteiger partial charge on any atom is 0.314 e. The summed E-state index contributed by atoms with van der Waals surface area (Å²) in [5, 5.41) is 9.59. The summed E-state index contributed by atoms with van der Waals surface area (Å²) in [4.78, 5) is 15.2. The van der Waals surface area contributed by atoms with Crippen LogP contribution in [-0.4, -0.2) is 33.2 Å². The summed E-state index contributed by atoms with van der Waals surface area (Å²) in [7, 11) is 3.99. The molecule has 0 spiro atoms. The molecule has 3 aromatic rings. The zero-order chi connectivity index (χ0) is 20.1. The molecule has 0 saturated carbocycles. The third-order valence-corrected chi connectivity index (χ3v) is 4.74. The van der Waals surface area contributed by atoms with Gasteiger partial charge in [0, 0.05) is 37.8 Å². The smallest absolute Gasteiger partial charge is 0.314 e. The highest BCUT2D eigenvalue weighted by atomic mass is 16.2. The number of aryl methyl sites for hydroxylation is 2. The summed E-state index contributed by atoms with van der Waals surface area (Å²) in [6, 6.07) is 11.1. The Morgan fingerprint density at radius 2 is 2.11 bits per heavy atom. The highest BCUT2D eigenvalue weighted by Crippen LogP contribution is 2.30. The maximum absolute atomic E-state index is 9.59. The van der Waals surface area contributed by atoms with E-state index in [4.69, 9.17) is 0 Å². The maximum atomic E-state index is 9.59. The number of aromatic nitrogens is 3. The molecule has 144 valence electrons. The summed E-state index contributed by atoms with van der Waals surface area (Å²) in [6.07, 6.45) is 6.46. The van der Waals surface area contributed by atoms with Gasteiger partial charge in [0.15, 0.2) is 0 Å². The van der Waals surface area contributed by atoms with Crippen molar-refractivity contribution in [3.05, 3.63) is 59.0 Å². The molecule has 0 radical (unpaired) electrons. The molecule has 0 aliphatic heterocycles. The van der Waals surface area contributed by atoms with Gasteiger partial charge in [0.1, 0.15) is 23.2 Å². The summed E-state index contributed by atoms with van der Waals surface area (Å²) in [5.74, 6) is 0.854. The lowest BCUT2D eigenvalue weighted by atomic mass is 10.0. The average Bonchev–Trinajstić information content (AvgIpc) is 3.10. The monoisotopic (exact) mass is 376 g/mol. The van der Waals surface area contributed by atoms with Gasteiger partial charge in [0.05, 0.1) is 18.0 Å². The molecule has 2 heterocycles. The van der Waals surface area contributed by atoms with Crippen molar-refractivity contribution in [1.82, 2.24) is 14.5 Å². The van der Waals surface area contributed by atoms with Crippen LogP contribution in [-0.2, 0) is 13.5 Å². The second kappa shape index (κ2) is 8.57. The van der Waals surface area contributed by atoms with Crippen LogP contribution in [0.15, 0.2) is 43.1 Å². The minimum Gasteiger partial charge on any atom is -0.514 e. The predicted octanol–water partition coefficient (Wildman–Crippen LogP) is 4.94. The number of aliphatic hydroxyl groups excluding tert-OH is 1. The molecule has 6 nitrogen and oxygen atoms in total. The van der Waals surface area contributed by atoms with Gasteiger partial charge in [-0.3, -0.25) is 0 Å². The van der Waals surface area contributed by atoms with Gasteiger partial charge in [-0.15, -0.1) is 0 Å². The van der Waals surface area contributed by atoms with E-state index in [2.05, 4.69) is 45.7 Å². The molecule has 0 fully saturated rings. The van der Waals surface area contributed by atoms with Gasteiger partial charge in [0.25, 0.3) is 6.54 Å². The van der Waals surface area contributed by atoms with Gasteiger partial charge in [-0.1, -0.05) is 24.8 Å². The first-order valence-corrected chi connectivity index (χ1v) is 9.50. The number of pyridine rings is 1. The number of fused-ring (bicyclic) bond motifs is 1. The molecule has 0 amide bonds. The minimum absolute atomic E-state index is 0.590. The third kappa shape index (κ3) is 3.84. The molecule has 0 unspecified atom stereocenters. The number of imidazole rings is 1. The highest BCUT2D eigenvalue weighted by molar-refractivity contribution is 5.81. The third-order valence-electron chi connectivity index (χ3n) is 4.74. The molecule has 28 heavy (non-hydrogen) atoms. The molecule has 6 heteroatoms. The lowest BCUT2D eigenvalue weighted by Crippen LogP contribution is -2.13. The van der Waals surface area contributed by atoms with E-state index < -0.39 is 0 Å². The SMILES string of the molecule is CCC[N+]#C/C(=C/O)c1ccc(N(C)c2cc3c(cn2)ncn3C)c(CC)c1. The second-order valence-electron chi connectivity index (χ2n) is 6.68. The van der Waals surface area contributed by atoms with Crippen LogP contribution in [0.1, 0.15) is 31.4 Å². The van der Waals surface area contributed by atoms with E-state index in [-0.39, 0.29) is 0 Å². The Balaban J connectivity index is 1.97. The Hall–Kier alpha value is -3.33. The van der Waals surface area contributed by atoms with Gasteiger partial charge in [-0.25, -0.2) is 9.97 Å². The van der Waals surface area contributed by atoms with E-state index in [0.29, 0.717) is 12.1 Å². The number of anilines is 2. The molecular weight excluding hydrogens is 350 g/mol. The van der Waals surface area contributed by atoms with Crippen LogP contribution in [0.5, 0.6) is 0 Å². The number of hydrogen-bond donors (Lipinski definition) is 1. The topological polar surface area (TPSA) is 58.5 Å². The van der Waals surface area contributed by atoms with Crippen molar-refractivity contribution in [3.63, 3.8) is 0 Å². The minimum atomic E-state index is 0.590. The summed E-state index contributed by atoms with van der Waals surface area (Å²) in [6.45, 7) is 4.87. The normalized spacial score (nSPS) is 11.4. The fourth-order valence-corrected chi connectivity index (χ4v) is 3.11. The molecular formula is C22H26N5O+. The first kappa shape index (κ1) is 19.4. The largest absolute Gasteiger partial charge is 0.514 e. The lowest BCUT2D eigenvalue weighted by Gasteiger charge is -2.22. The molecule has 0 saturated heterocycles. The number of allylic oxidation sites excluding steroid dienone is 1. The molecule has 0 atom stereocenters.